The summed E-state index contributed by atoms with van der Waals surface area (Å²) in [5.41, 5.74) is 0.330. The zero-order valence-corrected chi connectivity index (χ0v) is 9.57. The van der Waals surface area contributed by atoms with Crippen LogP contribution in [-0.2, 0) is 4.74 Å². The number of carbonyl (C=O) groups excluding carboxylic acids is 1. The van der Waals surface area contributed by atoms with Crippen LogP contribution in [0.25, 0.3) is 0 Å². The molecule has 1 aromatic carbocycles. The van der Waals surface area contributed by atoms with Gasteiger partial charge in [0.05, 0.1) is 25.3 Å². The number of fused-ring (bicyclic) bond motifs is 1. The lowest BCUT2D eigenvalue weighted by molar-refractivity contribution is -0.0416. The Kier molecular flexibility index (Phi) is 2.52. The Balaban J connectivity index is 1.96. The molecule has 0 aliphatic carbocycles. The van der Waals surface area contributed by atoms with Crippen molar-refractivity contribution in [3.8, 4) is 5.75 Å². The fourth-order valence-electron chi connectivity index (χ4n) is 2.37. The standard InChI is InChI=1S/C13H15NO3/c15-12-10-3-1-2-4-11(10)17-13(9-14-12)5-7-16-8-6-13/h1-4H,5-9H2,(H,14,15). The van der Waals surface area contributed by atoms with E-state index in [0.717, 1.165) is 12.8 Å². The van der Waals surface area contributed by atoms with E-state index >= 15 is 0 Å². The fraction of sp³-hybridized carbons (Fsp3) is 0.462. The summed E-state index contributed by atoms with van der Waals surface area (Å²) in [6, 6.07) is 7.40. The first-order valence-electron chi connectivity index (χ1n) is 5.93. The van der Waals surface area contributed by atoms with Gasteiger partial charge in [-0.05, 0) is 12.1 Å². The molecule has 1 saturated heterocycles. The van der Waals surface area contributed by atoms with E-state index < -0.39 is 0 Å². The molecule has 2 aliphatic heterocycles. The molecule has 4 nitrogen and oxygen atoms in total. The maximum Gasteiger partial charge on any atom is 0.255 e. The second-order valence-electron chi connectivity index (χ2n) is 4.58. The van der Waals surface area contributed by atoms with Crippen molar-refractivity contribution in [1.29, 1.82) is 0 Å². The number of hydrogen-bond acceptors (Lipinski definition) is 3. The molecule has 0 saturated carbocycles. The van der Waals surface area contributed by atoms with E-state index in [1.54, 1.807) is 6.07 Å². The van der Waals surface area contributed by atoms with Crippen LogP contribution < -0.4 is 10.1 Å². The highest BCUT2D eigenvalue weighted by Gasteiger charge is 2.38. The summed E-state index contributed by atoms with van der Waals surface area (Å²) in [7, 11) is 0. The predicted molar refractivity (Wildman–Crippen MR) is 62.2 cm³/mol. The second kappa shape index (κ2) is 4.04. The Labute approximate surface area is 99.9 Å². The summed E-state index contributed by atoms with van der Waals surface area (Å²) in [6.07, 6.45) is 1.64. The number of nitrogens with one attached hydrogen (secondary N) is 1. The summed E-state index contributed by atoms with van der Waals surface area (Å²) in [5.74, 6) is 0.633. The summed E-state index contributed by atoms with van der Waals surface area (Å²) in [4.78, 5) is 11.9. The van der Waals surface area contributed by atoms with Crippen LogP contribution in [0.2, 0.25) is 0 Å². The molecule has 17 heavy (non-hydrogen) atoms. The summed E-state index contributed by atoms with van der Waals surface area (Å²) < 4.78 is 11.5. The van der Waals surface area contributed by atoms with Gasteiger partial charge < -0.3 is 14.8 Å². The van der Waals surface area contributed by atoms with Crippen LogP contribution in [0, 0.1) is 0 Å². The van der Waals surface area contributed by atoms with Crippen LogP contribution in [0.15, 0.2) is 24.3 Å². The lowest BCUT2D eigenvalue weighted by Crippen LogP contribution is -2.49. The predicted octanol–water partition coefficient (Wildman–Crippen LogP) is 1.36. The van der Waals surface area contributed by atoms with Crippen molar-refractivity contribution >= 4 is 5.91 Å². The minimum absolute atomic E-state index is 0.0519. The van der Waals surface area contributed by atoms with Gasteiger partial charge in [0.15, 0.2) is 0 Å². The average Bonchev–Trinajstić information content (AvgIpc) is 2.50. The van der Waals surface area contributed by atoms with E-state index in [-0.39, 0.29) is 11.5 Å². The topological polar surface area (TPSA) is 47.6 Å². The molecule has 0 atom stereocenters. The number of amides is 1. The van der Waals surface area contributed by atoms with Gasteiger partial charge in [0, 0.05) is 12.8 Å². The Morgan fingerprint density at radius 1 is 1.18 bits per heavy atom. The molecule has 1 N–H and O–H groups in total. The van der Waals surface area contributed by atoms with Gasteiger partial charge in [0.2, 0.25) is 0 Å². The second-order valence-corrected chi connectivity index (χ2v) is 4.58. The van der Waals surface area contributed by atoms with Gasteiger partial charge in [-0.3, -0.25) is 4.79 Å². The first kappa shape index (κ1) is 10.6. The molecule has 3 rings (SSSR count). The zero-order valence-electron chi connectivity index (χ0n) is 9.57. The van der Waals surface area contributed by atoms with Crippen LogP contribution in [-0.4, -0.2) is 31.3 Å². The Bertz CT molecular complexity index is 438. The van der Waals surface area contributed by atoms with Crippen LogP contribution in [0.5, 0.6) is 5.75 Å². The molecular weight excluding hydrogens is 218 g/mol. The van der Waals surface area contributed by atoms with E-state index in [9.17, 15) is 4.79 Å². The van der Waals surface area contributed by atoms with Crippen molar-refractivity contribution in [2.45, 2.75) is 18.4 Å². The smallest absolute Gasteiger partial charge is 0.255 e. The number of benzene rings is 1. The van der Waals surface area contributed by atoms with Gasteiger partial charge in [-0.15, -0.1) is 0 Å². The molecule has 1 aromatic rings. The van der Waals surface area contributed by atoms with Crippen molar-refractivity contribution in [2.24, 2.45) is 0 Å². The lowest BCUT2D eigenvalue weighted by Gasteiger charge is -2.36. The maximum atomic E-state index is 11.9. The first-order valence-corrected chi connectivity index (χ1v) is 5.93. The lowest BCUT2D eigenvalue weighted by atomic mass is 9.94. The molecular formula is C13H15NO3. The van der Waals surface area contributed by atoms with Crippen molar-refractivity contribution in [3.63, 3.8) is 0 Å². The largest absolute Gasteiger partial charge is 0.484 e. The highest BCUT2D eigenvalue weighted by atomic mass is 16.5. The molecule has 0 unspecified atom stereocenters. The third-order valence-electron chi connectivity index (χ3n) is 3.43. The minimum atomic E-state index is -0.291. The van der Waals surface area contributed by atoms with Crippen molar-refractivity contribution in [3.05, 3.63) is 29.8 Å². The number of carbonyl (C=O) groups is 1. The SMILES string of the molecule is O=C1NCC2(CCOCC2)Oc2ccccc21. The third kappa shape index (κ3) is 1.89. The van der Waals surface area contributed by atoms with Crippen LogP contribution >= 0.6 is 0 Å². The van der Waals surface area contributed by atoms with Gasteiger partial charge >= 0.3 is 0 Å². The highest BCUT2D eigenvalue weighted by molar-refractivity contribution is 5.97. The molecule has 1 amide bonds. The quantitative estimate of drug-likeness (QED) is 0.736. The van der Waals surface area contributed by atoms with Gasteiger partial charge in [-0.1, -0.05) is 12.1 Å². The number of rotatable bonds is 0. The number of hydrogen-bond donors (Lipinski definition) is 1. The Morgan fingerprint density at radius 2 is 1.94 bits per heavy atom. The normalized spacial score (nSPS) is 22.2. The van der Waals surface area contributed by atoms with Crippen molar-refractivity contribution < 1.29 is 14.3 Å². The van der Waals surface area contributed by atoms with E-state index in [1.165, 1.54) is 0 Å². The molecule has 2 aliphatic rings. The highest BCUT2D eigenvalue weighted by Crippen LogP contribution is 2.31. The third-order valence-corrected chi connectivity index (χ3v) is 3.43. The van der Waals surface area contributed by atoms with Gasteiger partial charge in [-0.2, -0.15) is 0 Å². The first-order chi connectivity index (χ1) is 8.29. The van der Waals surface area contributed by atoms with Crippen molar-refractivity contribution in [2.75, 3.05) is 19.8 Å². The molecule has 90 valence electrons. The molecule has 0 aromatic heterocycles. The monoisotopic (exact) mass is 233 g/mol. The fourth-order valence-corrected chi connectivity index (χ4v) is 2.37. The maximum absolute atomic E-state index is 11.9. The summed E-state index contributed by atoms with van der Waals surface area (Å²) in [6.45, 7) is 1.94. The van der Waals surface area contributed by atoms with Crippen LogP contribution in [0.3, 0.4) is 0 Å². The van der Waals surface area contributed by atoms with Gasteiger partial charge in [-0.25, -0.2) is 0 Å². The Morgan fingerprint density at radius 3 is 2.76 bits per heavy atom. The average molecular weight is 233 g/mol. The Hall–Kier alpha value is -1.55. The van der Waals surface area contributed by atoms with Crippen LogP contribution in [0.4, 0.5) is 0 Å². The van der Waals surface area contributed by atoms with E-state index in [4.69, 9.17) is 9.47 Å². The minimum Gasteiger partial charge on any atom is -0.484 e. The molecule has 1 spiro atoms. The van der Waals surface area contributed by atoms with Gasteiger partial charge in [0.25, 0.3) is 5.91 Å². The summed E-state index contributed by atoms with van der Waals surface area (Å²) >= 11 is 0. The molecule has 2 heterocycles. The van der Waals surface area contributed by atoms with E-state index in [0.29, 0.717) is 31.1 Å². The van der Waals surface area contributed by atoms with Crippen molar-refractivity contribution in [1.82, 2.24) is 5.32 Å². The van der Waals surface area contributed by atoms with Crippen LogP contribution in [0.1, 0.15) is 23.2 Å². The molecule has 4 heteroatoms. The van der Waals surface area contributed by atoms with Gasteiger partial charge in [0.1, 0.15) is 11.4 Å². The van der Waals surface area contributed by atoms with E-state index in [2.05, 4.69) is 5.32 Å². The number of ether oxygens (including phenoxy) is 2. The molecule has 0 bridgehead atoms. The van der Waals surface area contributed by atoms with E-state index in [1.807, 2.05) is 18.2 Å². The molecule has 1 fully saturated rings. The molecule has 0 radical (unpaired) electrons. The number of para-hydroxylation sites is 1. The zero-order chi connectivity index (χ0) is 11.7. The summed E-state index contributed by atoms with van der Waals surface area (Å²) in [5, 5.41) is 2.94.